The van der Waals surface area contributed by atoms with Crippen molar-refractivity contribution in [3.63, 3.8) is 0 Å². The maximum Gasteiger partial charge on any atom is 0.311 e. The van der Waals surface area contributed by atoms with Crippen LogP contribution in [0.3, 0.4) is 0 Å². The topological polar surface area (TPSA) is 50.2 Å². The second kappa shape index (κ2) is 6.30. The van der Waals surface area contributed by atoms with E-state index in [2.05, 4.69) is 36.8 Å². The number of nitrogens with zero attached hydrogens (tertiary/aromatic N) is 1. The highest BCUT2D eigenvalue weighted by molar-refractivity contribution is 9.10. The summed E-state index contributed by atoms with van der Waals surface area (Å²) in [5.41, 5.74) is 1.73. The van der Waals surface area contributed by atoms with Crippen molar-refractivity contribution in [2.24, 2.45) is 0 Å². The fourth-order valence-electron chi connectivity index (χ4n) is 1.86. The van der Waals surface area contributed by atoms with Crippen molar-refractivity contribution in [2.45, 2.75) is 12.3 Å². The summed E-state index contributed by atoms with van der Waals surface area (Å²) in [6.45, 7) is 0. The van der Waals surface area contributed by atoms with Crippen LogP contribution in [-0.4, -0.2) is 16.1 Å². The fraction of sp³-hybridized carbons (Fsp3) is 0.143. The number of pyridine rings is 1. The van der Waals surface area contributed by atoms with Gasteiger partial charge in [-0.2, -0.15) is 0 Å². The average molecular weight is 385 g/mol. The fourth-order valence-corrected chi connectivity index (χ4v) is 2.65. The standard InChI is InChI=1S/C14H11Br2NO2/c15-10-3-1-9(2-4-10)7-12(14(18)19)11-5-6-17-8-13(11)16/h1-6,8,12H,7H2,(H,18,19). The van der Waals surface area contributed by atoms with Crippen LogP contribution in [0.15, 0.2) is 51.7 Å². The summed E-state index contributed by atoms with van der Waals surface area (Å²) in [7, 11) is 0. The number of hydrogen-bond acceptors (Lipinski definition) is 2. The Morgan fingerprint density at radius 2 is 1.89 bits per heavy atom. The van der Waals surface area contributed by atoms with Crippen molar-refractivity contribution in [3.8, 4) is 0 Å². The third-order valence-electron chi connectivity index (χ3n) is 2.83. The van der Waals surface area contributed by atoms with Gasteiger partial charge in [0.1, 0.15) is 0 Å². The first-order chi connectivity index (χ1) is 9.08. The monoisotopic (exact) mass is 383 g/mol. The van der Waals surface area contributed by atoms with Gasteiger partial charge >= 0.3 is 5.97 Å². The highest BCUT2D eigenvalue weighted by Crippen LogP contribution is 2.27. The largest absolute Gasteiger partial charge is 0.481 e. The number of halogens is 2. The van der Waals surface area contributed by atoms with Crippen molar-refractivity contribution in [1.82, 2.24) is 4.98 Å². The minimum absolute atomic E-state index is 0.450. The molecule has 0 spiro atoms. The van der Waals surface area contributed by atoms with E-state index in [4.69, 9.17) is 0 Å². The molecule has 0 saturated heterocycles. The Morgan fingerprint density at radius 3 is 2.47 bits per heavy atom. The number of aliphatic carboxylic acids is 1. The van der Waals surface area contributed by atoms with Gasteiger partial charge in [0.2, 0.25) is 0 Å². The van der Waals surface area contributed by atoms with Gasteiger partial charge in [-0.05, 0) is 51.7 Å². The number of hydrogen-bond donors (Lipinski definition) is 1. The zero-order valence-electron chi connectivity index (χ0n) is 9.88. The SMILES string of the molecule is O=C(O)C(Cc1ccc(Br)cc1)c1ccncc1Br. The van der Waals surface area contributed by atoms with E-state index < -0.39 is 11.9 Å². The molecule has 1 unspecified atom stereocenters. The van der Waals surface area contributed by atoms with E-state index in [1.165, 1.54) is 0 Å². The predicted octanol–water partition coefficient (Wildman–Crippen LogP) is 4.02. The van der Waals surface area contributed by atoms with Crippen molar-refractivity contribution in [1.29, 1.82) is 0 Å². The minimum Gasteiger partial charge on any atom is -0.481 e. The molecule has 1 N–H and O–H groups in total. The number of rotatable bonds is 4. The lowest BCUT2D eigenvalue weighted by Crippen LogP contribution is -2.15. The molecule has 0 bridgehead atoms. The zero-order valence-corrected chi connectivity index (χ0v) is 13.1. The number of carboxylic acids is 1. The van der Waals surface area contributed by atoms with E-state index in [1.807, 2.05) is 24.3 Å². The predicted molar refractivity (Wildman–Crippen MR) is 80.2 cm³/mol. The van der Waals surface area contributed by atoms with Crippen LogP contribution in [-0.2, 0) is 11.2 Å². The van der Waals surface area contributed by atoms with Gasteiger partial charge in [0.05, 0.1) is 5.92 Å². The Bertz CT molecular complexity index is 584. The third kappa shape index (κ3) is 3.64. The van der Waals surface area contributed by atoms with E-state index in [9.17, 15) is 9.90 Å². The number of carboxylic acid groups (broad SMARTS) is 1. The molecule has 0 aliphatic carbocycles. The third-order valence-corrected chi connectivity index (χ3v) is 4.02. The summed E-state index contributed by atoms with van der Waals surface area (Å²) >= 11 is 6.72. The first kappa shape index (κ1) is 14.2. The van der Waals surface area contributed by atoms with Gasteiger partial charge in [-0.25, -0.2) is 0 Å². The Balaban J connectivity index is 2.29. The van der Waals surface area contributed by atoms with Gasteiger partial charge in [0.15, 0.2) is 0 Å². The van der Waals surface area contributed by atoms with Crippen LogP contribution in [0.25, 0.3) is 0 Å². The molecule has 1 aromatic heterocycles. The van der Waals surface area contributed by atoms with Gasteiger partial charge < -0.3 is 5.11 Å². The highest BCUT2D eigenvalue weighted by Gasteiger charge is 2.22. The minimum atomic E-state index is -0.838. The molecule has 5 heteroatoms. The van der Waals surface area contributed by atoms with Gasteiger partial charge in [0, 0.05) is 21.3 Å². The van der Waals surface area contributed by atoms with Crippen molar-refractivity contribution >= 4 is 37.8 Å². The summed E-state index contributed by atoms with van der Waals surface area (Å²) in [5.74, 6) is -1.42. The van der Waals surface area contributed by atoms with Crippen LogP contribution in [0.5, 0.6) is 0 Å². The van der Waals surface area contributed by atoms with Crippen LogP contribution in [0.2, 0.25) is 0 Å². The molecule has 1 heterocycles. The highest BCUT2D eigenvalue weighted by atomic mass is 79.9. The van der Waals surface area contributed by atoms with Gasteiger partial charge in [-0.15, -0.1) is 0 Å². The smallest absolute Gasteiger partial charge is 0.311 e. The maximum absolute atomic E-state index is 11.5. The number of carbonyl (C=O) groups is 1. The zero-order chi connectivity index (χ0) is 13.8. The lowest BCUT2D eigenvalue weighted by molar-refractivity contribution is -0.138. The molecule has 98 valence electrons. The summed E-state index contributed by atoms with van der Waals surface area (Å²) in [5, 5.41) is 9.42. The quantitative estimate of drug-likeness (QED) is 0.866. The van der Waals surface area contributed by atoms with E-state index in [0.717, 1.165) is 20.1 Å². The molecule has 3 nitrogen and oxygen atoms in total. The van der Waals surface area contributed by atoms with Crippen LogP contribution in [0.4, 0.5) is 0 Å². The molecule has 0 amide bonds. The Morgan fingerprint density at radius 1 is 1.21 bits per heavy atom. The van der Waals surface area contributed by atoms with Crippen LogP contribution >= 0.6 is 31.9 Å². The molecule has 1 aromatic carbocycles. The van der Waals surface area contributed by atoms with Crippen molar-refractivity contribution in [3.05, 3.63) is 62.8 Å². The van der Waals surface area contributed by atoms with E-state index in [-0.39, 0.29) is 0 Å². The van der Waals surface area contributed by atoms with Gasteiger partial charge in [0.25, 0.3) is 0 Å². The molecule has 0 radical (unpaired) electrons. The molecule has 19 heavy (non-hydrogen) atoms. The lowest BCUT2D eigenvalue weighted by Gasteiger charge is -2.14. The molecular formula is C14H11Br2NO2. The first-order valence-electron chi connectivity index (χ1n) is 5.64. The summed E-state index contributed by atoms with van der Waals surface area (Å²) in [6.07, 6.45) is 3.68. The van der Waals surface area contributed by atoms with Crippen LogP contribution in [0, 0.1) is 0 Å². The molecule has 0 aliphatic heterocycles. The number of aromatic nitrogens is 1. The summed E-state index contributed by atoms with van der Waals surface area (Å²) in [4.78, 5) is 15.4. The van der Waals surface area contributed by atoms with Crippen molar-refractivity contribution in [2.75, 3.05) is 0 Å². The molecule has 2 aromatic rings. The average Bonchev–Trinajstić information content (AvgIpc) is 2.39. The summed E-state index contributed by atoms with van der Waals surface area (Å²) in [6, 6.07) is 9.41. The summed E-state index contributed by atoms with van der Waals surface area (Å²) < 4.78 is 1.70. The second-order valence-electron chi connectivity index (χ2n) is 4.12. The Hall–Kier alpha value is -1.20. The van der Waals surface area contributed by atoms with E-state index in [1.54, 1.807) is 18.5 Å². The Labute approximate surface area is 127 Å². The molecule has 2 rings (SSSR count). The first-order valence-corrected chi connectivity index (χ1v) is 7.23. The van der Waals surface area contributed by atoms with Crippen molar-refractivity contribution < 1.29 is 9.90 Å². The lowest BCUT2D eigenvalue weighted by atomic mass is 9.93. The molecule has 0 aliphatic rings. The normalized spacial score (nSPS) is 12.1. The Kier molecular flexibility index (Phi) is 4.71. The van der Waals surface area contributed by atoms with Crippen LogP contribution < -0.4 is 0 Å². The van der Waals surface area contributed by atoms with E-state index >= 15 is 0 Å². The van der Waals surface area contributed by atoms with Gasteiger partial charge in [-0.1, -0.05) is 28.1 Å². The molecule has 1 atom stereocenters. The van der Waals surface area contributed by atoms with Gasteiger partial charge in [-0.3, -0.25) is 9.78 Å². The van der Waals surface area contributed by atoms with E-state index in [0.29, 0.717) is 6.42 Å². The van der Waals surface area contributed by atoms with Crippen LogP contribution in [0.1, 0.15) is 17.0 Å². The second-order valence-corrected chi connectivity index (χ2v) is 5.89. The maximum atomic E-state index is 11.5. The molecule has 0 fully saturated rings. The molecule has 0 saturated carbocycles. The number of benzene rings is 1. The molecular weight excluding hydrogens is 374 g/mol.